The van der Waals surface area contributed by atoms with Crippen molar-refractivity contribution in [3.05, 3.63) is 5.28 Å². The number of nitrogens with two attached hydrogens (primary N) is 2. The van der Waals surface area contributed by atoms with Crippen LogP contribution in [-0.2, 0) is 31.6 Å². The van der Waals surface area contributed by atoms with Crippen molar-refractivity contribution in [3.8, 4) is 0 Å². The number of hydrogen-bond acceptors (Lipinski definition) is 14. The molecule has 0 bridgehead atoms. The third-order valence-corrected chi connectivity index (χ3v) is 8.02. The predicted octanol–water partition coefficient (Wildman–Crippen LogP) is -1.39. The summed E-state index contributed by atoms with van der Waals surface area (Å²) in [6.45, 7) is -1.03. The number of nitrogens with zero attached hydrogens (tertiary/aromatic N) is 4. The van der Waals surface area contributed by atoms with Crippen LogP contribution in [0.5, 0.6) is 0 Å². The SMILES string of the molecule is Nc1nc(N)c2nc(Cl)n(C3OC(COP(=O)(O)OP(=O)(O)OP(=O)(O)O)C(O)C3O)c2n1. The molecule has 1 aliphatic heterocycles. The van der Waals surface area contributed by atoms with E-state index >= 15 is 0 Å². The topological polar surface area (TPSA) is 305 Å². The minimum absolute atomic E-state index is 0.00352. The number of aliphatic hydroxyl groups is 2. The molecule has 3 rings (SSSR count). The highest BCUT2D eigenvalue weighted by atomic mass is 35.5. The Balaban J connectivity index is 1.76. The molecule has 0 aliphatic carbocycles. The summed E-state index contributed by atoms with van der Waals surface area (Å²) in [6, 6.07) is 0. The van der Waals surface area contributed by atoms with Crippen LogP contribution in [-0.4, -0.2) is 74.2 Å². The van der Waals surface area contributed by atoms with E-state index < -0.39 is 54.6 Å². The number of fused-ring (bicyclic) bond motifs is 1. The summed E-state index contributed by atoms with van der Waals surface area (Å²) in [5, 5.41) is 20.3. The summed E-state index contributed by atoms with van der Waals surface area (Å²) in [6.07, 6.45) is -6.54. The fourth-order valence-corrected chi connectivity index (χ4v) is 6.05. The molecule has 0 spiro atoms. The smallest absolute Gasteiger partial charge is 0.387 e. The Morgan fingerprint density at radius 3 is 2.24 bits per heavy atom. The number of aliphatic hydroxyl groups excluding tert-OH is 2. The van der Waals surface area contributed by atoms with Crippen LogP contribution in [0.15, 0.2) is 0 Å². The summed E-state index contributed by atoms with van der Waals surface area (Å²) in [5.41, 5.74) is 11.2. The van der Waals surface area contributed by atoms with Crippen molar-refractivity contribution in [1.82, 2.24) is 19.5 Å². The average molecular weight is 557 g/mol. The molecule has 0 saturated carbocycles. The zero-order valence-corrected chi connectivity index (χ0v) is 19.2. The molecule has 19 nitrogen and oxygen atoms in total. The van der Waals surface area contributed by atoms with Gasteiger partial charge in [-0.25, -0.2) is 18.7 Å². The van der Waals surface area contributed by atoms with Crippen LogP contribution in [0, 0.1) is 0 Å². The molecule has 1 fully saturated rings. The van der Waals surface area contributed by atoms with Gasteiger partial charge in [0.15, 0.2) is 23.2 Å². The highest BCUT2D eigenvalue weighted by Crippen LogP contribution is 2.66. The predicted molar refractivity (Wildman–Crippen MR) is 105 cm³/mol. The van der Waals surface area contributed by atoms with Gasteiger partial charge in [0.25, 0.3) is 0 Å². The van der Waals surface area contributed by atoms with Crippen LogP contribution in [0.1, 0.15) is 6.23 Å². The molecule has 1 saturated heterocycles. The van der Waals surface area contributed by atoms with Gasteiger partial charge in [-0.2, -0.15) is 18.6 Å². The fraction of sp³-hybridized carbons (Fsp3) is 0.500. The van der Waals surface area contributed by atoms with Crippen molar-refractivity contribution in [2.45, 2.75) is 24.5 Å². The lowest BCUT2D eigenvalue weighted by Crippen LogP contribution is -2.33. The van der Waals surface area contributed by atoms with Gasteiger partial charge in [0, 0.05) is 0 Å². The number of halogens is 1. The molecule has 6 unspecified atom stereocenters. The summed E-state index contributed by atoms with van der Waals surface area (Å²) in [5.74, 6) is -0.412. The van der Waals surface area contributed by atoms with Gasteiger partial charge in [-0.3, -0.25) is 9.09 Å². The lowest BCUT2D eigenvalue weighted by atomic mass is 10.1. The molecule has 23 heteroatoms. The summed E-state index contributed by atoms with van der Waals surface area (Å²) in [4.78, 5) is 47.2. The number of rotatable bonds is 8. The second-order valence-corrected chi connectivity index (χ2v) is 11.1. The number of imidazole rings is 1. The first-order valence-corrected chi connectivity index (χ1v) is 13.2. The number of aromatic nitrogens is 4. The number of phosphoric ester groups is 1. The van der Waals surface area contributed by atoms with Crippen LogP contribution < -0.4 is 11.5 Å². The maximum atomic E-state index is 11.8. The van der Waals surface area contributed by atoms with E-state index in [9.17, 15) is 28.8 Å². The van der Waals surface area contributed by atoms with Gasteiger partial charge >= 0.3 is 23.5 Å². The van der Waals surface area contributed by atoms with E-state index in [2.05, 4.69) is 28.1 Å². The van der Waals surface area contributed by atoms with Crippen molar-refractivity contribution >= 4 is 58.0 Å². The Bertz CT molecular complexity index is 1210. The molecular weight excluding hydrogens is 541 g/mol. The van der Waals surface area contributed by atoms with Gasteiger partial charge in [-0.1, -0.05) is 0 Å². The maximum absolute atomic E-state index is 11.8. The van der Waals surface area contributed by atoms with E-state index in [-0.39, 0.29) is 28.2 Å². The number of nitrogen functional groups attached to an aromatic ring is 2. The van der Waals surface area contributed by atoms with Crippen molar-refractivity contribution in [2.75, 3.05) is 18.1 Å². The molecule has 186 valence electrons. The van der Waals surface area contributed by atoms with Crippen molar-refractivity contribution in [2.24, 2.45) is 0 Å². The molecule has 6 atom stereocenters. The maximum Gasteiger partial charge on any atom is 0.490 e. The largest absolute Gasteiger partial charge is 0.490 e. The fourth-order valence-electron chi connectivity index (χ4n) is 2.76. The lowest BCUT2D eigenvalue weighted by Gasteiger charge is -2.19. The normalized spacial score (nSPS) is 27.5. The highest BCUT2D eigenvalue weighted by molar-refractivity contribution is 7.66. The first kappa shape index (κ1) is 26.3. The molecular formula is C10H16ClN6O13P3. The summed E-state index contributed by atoms with van der Waals surface area (Å²) in [7, 11) is -16.8. The number of hydrogen-bond donors (Lipinski definition) is 8. The molecule has 1 aliphatic rings. The molecule has 2 aromatic rings. The number of ether oxygens (including phenoxy) is 1. The van der Waals surface area contributed by atoms with Crippen LogP contribution >= 0.6 is 35.1 Å². The second kappa shape index (κ2) is 9.07. The minimum atomic E-state index is -5.74. The first-order chi connectivity index (χ1) is 15.0. The van der Waals surface area contributed by atoms with Crippen LogP contribution in [0.3, 0.4) is 0 Å². The molecule has 0 aromatic carbocycles. The number of phosphoric acid groups is 3. The van der Waals surface area contributed by atoms with Crippen LogP contribution in [0.2, 0.25) is 5.28 Å². The standard InChI is InChI=1S/C10H16ClN6O13P3/c11-9-14-3-6(12)15-10(13)16-7(3)17(9)8-5(19)4(18)2(28-8)1-27-32(23,24)30-33(25,26)29-31(20,21)22/h2,4-5,8,18-19H,1H2,(H,23,24)(H,25,26)(H2,20,21,22)(H4,12,13,15,16). The van der Waals surface area contributed by atoms with E-state index in [4.69, 9.17) is 42.5 Å². The quantitative estimate of drug-likeness (QED) is 0.137. The van der Waals surface area contributed by atoms with Gasteiger partial charge < -0.3 is 46.0 Å². The summed E-state index contributed by atoms with van der Waals surface area (Å²) >= 11 is 6.05. The summed E-state index contributed by atoms with van der Waals surface area (Å²) < 4.78 is 51.8. The Morgan fingerprint density at radius 1 is 1.00 bits per heavy atom. The van der Waals surface area contributed by atoms with E-state index in [1.165, 1.54) is 0 Å². The van der Waals surface area contributed by atoms with Crippen LogP contribution in [0.4, 0.5) is 11.8 Å². The van der Waals surface area contributed by atoms with Gasteiger partial charge in [0.05, 0.1) is 6.61 Å². The van der Waals surface area contributed by atoms with Gasteiger partial charge in [-0.15, -0.1) is 0 Å². The van der Waals surface area contributed by atoms with Gasteiger partial charge in [0.1, 0.15) is 18.3 Å². The van der Waals surface area contributed by atoms with E-state index in [1.54, 1.807) is 0 Å². The highest BCUT2D eigenvalue weighted by Gasteiger charge is 2.47. The second-order valence-electron chi connectivity index (χ2n) is 6.32. The Morgan fingerprint density at radius 2 is 1.64 bits per heavy atom. The molecule has 10 N–H and O–H groups in total. The van der Waals surface area contributed by atoms with E-state index in [0.717, 1.165) is 4.57 Å². The third-order valence-electron chi connectivity index (χ3n) is 3.95. The van der Waals surface area contributed by atoms with Crippen molar-refractivity contribution in [3.63, 3.8) is 0 Å². The Hall–Kier alpha value is -1.27. The van der Waals surface area contributed by atoms with Crippen LogP contribution in [0.25, 0.3) is 11.2 Å². The average Bonchev–Trinajstić information content (AvgIpc) is 3.07. The van der Waals surface area contributed by atoms with Crippen molar-refractivity contribution in [1.29, 1.82) is 0 Å². The first-order valence-electron chi connectivity index (χ1n) is 8.26. The third kappa shape index (κ3) is 6.05. The monoisotopic (exact) mass is 556 g/mol. The minimum Gasteiger partial charge on any atom is -0.387 e. The van der Waals surface area contributed by atoms with Gasteiger partial charge in [0.2, 0.25) is 11.2 Å². The number of anilines is 2. The van der Waals surface area contributed by atoms with Crippen molar-refractivity contribution < 1.29 is 61.4 Å². The molecule has 3 heterocycles. The Kier molecular flexibility index (Phi) is 7.24. The molecule has 0 amide bonds. The van der Waals surface area contributed by atoms with Gasteiger partial charge in [-0.05, 0) is 11.6 Å². The molecule has 0 radical (unpaired) electrons. The lowest BCUT2D eigenvalue weighted by molar-refractivity contribution is -0.0501. The zero-order valence-electron chi connectivity index (χ0n) is 15.7. The van der Waals surface area contributed by atoms with E-state index in [1.807, 2.05) is 0 Å². The molecule has 2 aromatic heterocycles. The Labute approximate surface area is 187 Å². The zero-order chi connectivity index (χ0) is 24.9. The molecule has 33 heavy (non-hydrogen) atoms. The van der Waals surface area contributed by atoms with E-state index in [0.29, 0.717) is 0 Å².